The third-order valence-corrected chi connectivity index (χ3v) is 4.46. The lowest BCUT2D eigenvalue weighted by Crippen LogP contribution is -2.58. The number of nitrogens with two attached hydrogens (primary N) is 1. The third-order valence-electron chi connectivity index (χ3n) is 4.46. The van der Waals surface area contributed by atoms with Gasteiger partial charge in [-0.25, -0.2) is 0 Å². The van der Waals surface area contributed by atoms with Crippen LogP contribution in [0.25, 0.3) is 0 Å². The Kier molecular flexibility index (Phi) is 3.50. The largest absolute Gasteiger partial charge is 0.409 e. The molecule has 2 atom stereocenters. The number of nitrogens with one attached hydrogen (secondary N) is 1. The Morgan fingerprint density at radius 3 is 2.44 bits per heavy atom. The normalized spacial score (nSPS) is 40.3. The average molecular weight is 253 g/mol. The van der Waals surface area contributed by atoms with Crippen molar-refractivity contribution in [2.24, 2.45) is 28.1 Å². The second-order valence-corrected chi connectivity index (χ2v) is 6.17. The standard InChI is InChI=1S/C13H23N3O2/c1-8-3-4-10(5-8)15-12(17)13(11(14)16-18)6-9(2)7-13/h8-10,18H,3-7H2,1-2H3,(H2,14,16)(H,15,17). The van der Waals surface area contributed by atoms with Gasteiger partial charge in [-0.2, -0.15) is 0 Å². The summed E-state index contributed by atoms with van der Waals surface area (Å²) < 4.78 is 0. The number of nitrogens with zero attached hydrogens (tertiary/aromatic N) is 1. The molecule has 2 saturated carbocycles. The number of amides is 1. The first-order chi connectivity index (χ1) is 8.48. The quantitative estimate of drug-likeness (QED) is 0.308. The Morgan fingerprint density at radius 1 is 1.33 bits per heavy atom. The predicted molar refractivity (Wildman–Crippen MR) is 69.2 cm³/mol. The monoisotopic (exact) mass is 253 g/mol. The van der Waals surface area contributed by atoms with Crippen molar-refractivity contribution in [3.05, 3.63) is 0 Å². The Bertz CT molecular complexity index is 361. The van der Waals surface area contributed by atoms with Crippen molar-refractivity contribution in [3.63, 3.8) is 0 Å². The maximum Gasteiger partial charge on any atom is 0.234 e. The summed E-state index contributed by atoms with van der Waals surface area (Å²) in [6.45, 7) is 4.28. The van der Waals surface area contributed by atoms with Gasteiger partial charge < -0.3 is 16.3 Å². The number of oxime groups is 1. The molecule has 0 spiro atoms. The molecular weight excluding hydrogens is 230 g/mol. The van der Waals surface area contributed by atoms with Crippen molar-refractivity contribution in [1.82, 2.24) is 5.32 Å². The molecule has 2 unspecified atom stereocenters. The summed E-state index contributed by atoms with van der Waals surface area (Å²) in [5.41, 5.74) is 4.95. The molecule has 5 heteroatoms. The van der Waals surface area contributed by atoms with Crippen LogP contribution in [-0.2, 0) is 4.79 Å². The van der Waals surface area contributed by atoms with Gasteiger partial charge in [-0.15, -0.1) is 0 Å². The van der Waals surface area contributed by atoms with Crippen LogP contribution in [0.2, 0.25) is 0 Å². The van der Waals surface area contributed by atoms with Gasteiger partial charge in [-0.05, 0) is 43.9 Å². The van der Waals surface area contributed by atoms with E-state index in [0.717, 1.165) is 19.3 Å². The van der Waals surface area contributed by atoms with Crippen LogP contribution >= 0.6 is 0 Å². The van der Waals surface area contributed by atoms with Crippen LogP contribution in [0.5, 0.6) is 0 Å². The Morgan fingerprint density at radius 2 is 2.00 bits per heavy atom. The summed E-state index contributed by atoms with van der Waals surface area (Å²) in [7, 11) is 0. The lowest BCUT2D eigenvalue weighted by molar-refractivity contribution is -0.133. The van der Waals surface area contributed by atoms with E-state index < -0.39 is 5.41 Å². The van der Waals surface area contributed by atoms with E-state index >= 15 is 0 Å². The minimum absolute atomic E-state index is 0.0594. The SMILES string of the molecule is CC1CCC(NC(=O)C2(C(N)=NO)CC(C)C2)C1. The summed E-state index contributed by atoms with van der Waals surface area (Å²) in [6.07, 6.45) is 4.59. The Balaban J connectivity index is 2.02. The van der Waals surface area contributed by atoms with Gasteiger partial charge in [-0.3, -0.25) is 4.79 Å². The molecule has 0 aliphatic heterocycles. The van der Waals surface area contributed by atoms with Crippen molar-refractivity contribution >= 4 is 11.7 Å². The summed E-state index contributed by atoms with van der Waals surface area (Å²) in [4.78, 5) is 12.4. The maximum absolute atomic E-state index is 12.4. The fraction of sp³-hybridized carbons (Fsp3) is 0.846. The Labute approximate surface area is 108 Å². The minimum Gasteiger partial charge on any atom is -0.409 e. The number of carbonyl (C=O) groups is 1. The van der Waals surface area contributed by atoms with Gasteiger partial charge in [0, 0.05) is 6.04 Å². The van der Waals surface area contributed by atoms with Gasteiger partial charge in [0.05, 0.1) is 0 Å². The van der Waals surface area contributed by atoms with E-state index in [1.54, 1.807) is 0 Å². The zero-order chi connectivity index (χ0) is 13.3. The summed E-state index contributed by atoms with van der Waals surface area (Å²) in [5.74, 6) is 1.13. The highest BCUT2D eigenvalue weighted by Gasteiger charge is 2.52. The first-order valence-electron chi connectivity index (χ1n) is 6.77. The van der Waals surface area contributed by atoms with Crippen molar-refractivity contribution < 1.29 is 10.0 Å². The van der Waals surface area contributed by atoms with E-state index in [9.17, 15) is 4.79 Å². The average Bonchev–Trinajstić information content (AvgIpc) is 2.69. The number of amidine groups is 1. The summed E-state index contributed by atoms with van der Waals surface area (Å²) in [6, 6.07) is 0.256. The lowest BCUT2D eigenvalue weighted by atomic mass is 9.61. The van der Waals surface area contributed by atoms with Crippen LogP contribution in [0.1, 0.15) is 46.0 Å². The molecule has 0 aromatic carbocycles. The van der Waals surface area contributed by atoms with Gasteiger partial charge >= 0.3 is 0 Å². The van der Waals surface area contributed by atoms with Crippen LogP contribution in [0.4, 0.5) is 0 Å². The molecule has 0 aromatic heterocycles. The van der Waals surface area contributed by atoms with Crippen LogP contribution in [0.3, 0.4) is 0 Å². The fourth-order valence-corrected chi connectivity index (χ4v) is 3.40. The molecule has 2 fully saturated rings. The van der Waals surface area contributed by atoms with E-state index in [1.807, 2.05) is 0 Å². The second-order valence-electron chi connectivity index (χ2n) is 6.17. The number of hydrogen-bond acceptors (Lipinski definition) is 3. The number of rotatable bonds is 3. The third kappa shape index (κ3) is 2.18. The predicted octanol–water partition coefficient (Wildman–Crippen LogP) is 1.45. The van der Waals surface area contributed by atoms with Gasteiger partial charge in [0.2, 0.25) is 5.91 Å². The molecular formula is C13H23N3O2. The molecule has 18 heavy (non-hydrogen) atoms. The zero-order valence-corrected chi connectivity index (χ0v) is 11.1. The van der Waals surface area contributed by atoms with Gasteiger partial charge in [0.1, 0.15) is 5.41 Å². The summed E-state index contributed by atoms with van der Waals surface area (Å²) >= 11 is 0. The molecule has 5 nitrogen and oxygen atoms in total. The smallest absolute Gasteiger partial charge is 0.234 e. The zero-order valence-electron chi connectivity index (χ0n) is 11.1. The van der Waals surface area contributed by atoms with Gasteiger partial charge in [-0.1, -0.05) is 19.0 Å². The summed E-state index contributed by atoms with van der Waals surface area (Å²) in [5, 5.41) is 15.0. The first kappa shape index (κ1) is 13.2. The van der Waals surface area contributed by atoms with Crippen LogP contribution in [0, 0.1) is 17.3 Å². The van der Waals surface area contributed by atoms with Gasteiger partial charge in [0.25, 0.3) is 0 Å². The van der Waals surface area contributed by atoms with E-state index in [0.29, 0.717) is 24.7 Å². The Hall–Kier alpha value is -1.26. The fourth-order valence-electron chi connectivity index (χ4n) is 3.40. The van der Waals surface area contributed by atoms with Gasteiger partial charge in [0.15, 0.2) is 5.84 Å². The molecule has 2 aliphatic rings. The highest BCUT2D eigenvalue weighted by molar-refractivity contribution is 6.07. The molecule has 1 amide bonds. The topological polar surface area (TPSA) is 87.7 Å². The van der Waals surface area contributed by atoms with Crippen LogP contribution < -0.4 is 11.1 Å². The van der Waals surface area contributed by atoms with Crippen LogP contribution in [0.15, 0.2) is 5.16 Å². The van der Waals surface area contributed by atoms with E-state index in [1.165, 1.54) is 0 Å². The van der Waals surface area contributed by atoms with Crippen LogP contribution in [-0.4, -0.2) is 23.0 Å². The molecule has 2 rings (SSSR count). The number of carbonyl (C=O) groups excluding carboxylic acids is 1. The molecule has 0 bridgehead atoms. The van der Waals surface area contributed by atoms with Crippen molar-refractivity contribution in [3.8, 4) is 0 Å². The highest BCUT2D eigenvalue weighted by atomic mass is 16.4. The molecule has 0 heterocycles. The molecule has 102 valence electrons. The first-order valence-corrected chi connectivity index (χ1v) is 6.77. The van der Waals surface area contributed by atoms with E-state index in [4.69, 9.17) is 10.9 Å². The van der Waals surface area contributed by atoms with E-state index in [2.05, 4.69) is 24.3 Å². The van der Waals surface area contributed by atoms with Crippen molar-refractivity contribution in [1.29, 1.82) is 0 Å². The molecule has 0 saturated heterocycles. The highest BCUT2D eigenvalue weighted by Crippen LogP contribution is 2.46. The maximum atomic E-state index is 12.4. The van der Waals surface area contributed by atoms with E-state index in [-0.39, 0.29) is 17.8 Å². The minimum atomic E-state index is -0.764. The van der Waals surface area contributed by atoms with Crippen molar-refractivity contribution in [2.75, 3.05) is 0 Å². The molecule has 0 radical (unpaired) electrons. The van der Waals surface area contributed by atoms with Crippen molar-refractivity contribution in [2.45, 2.75) is 52.0 Å². The molecule has 0 aromatic rings. The lowest BCUT2D eigenvalue weighted by Gasteiger charge is -2.44. The number of hydrogen-bond donors (Lipinski definition) is 3. The second kappa shape index (κ2) is 4.78. The molecule has 2 aliphatic carbocycles. The molecule has 4 N–H and O–H groups in total.